The molecule has 0 aliphatic heterocycles. The summed E-state index contributed by atoms with van der Waals surface area (Å²) in [6.07, 6.45) is 0. The monoisotopic (exact) mass is 305 g/mol. The van der Waals surface area contributed by atoms with E-state index in [1.807, 2.05) is 0 Å². The molecule has 21 heavy (non-hydrogen) atoms. The maximum absolute atomic E-state index is 12.2. The number of nitrogens with one attached hydrogen (secondary N) is 1. The Balaban J connectivity index is 2.10. The van der Waals surface area contributed by atoms with Crippen LogP contribution in [0.2, 0.25) is 0 Å². The summed E-state index contributed by atoms with van der Waals surface area (Å²) in [7, 11) is -5.09. The molecule has 0 atom stereocenters. The predicted molar refractivity (Wildman–Crippen MR) is 81.5 cm³/mol. The molecule has 2 rings (SSSR count). The Morgan fingerprint density at radius 3 is 2.24 bits per heavy atom. The second kappa shape index (κ2) is 6.40. The van der Waals surface area contributed by atoms with E-state index >= 15 is 0 Å². The second-order valence-electron chi connectivity index (χ2n) is 4.71. The first-order valence-electron chi connectivity index (χ1n) is 6.40. The fourth-order valence-corrected chi connectivity index (χ4v) is 3.18. The van der Waals surface area contributed by atoms with Crippen LogP contribution in [0.15, 0.2) is 53.4 Å². The first-order valence-corrected chi connectivity index (χ1v) is 7.89. The van der Waals surface area contributed by atoms with Crippen LogP contribution in [0.25, 0.3) is 0 Å². The van der Waals surface area contributed by atoms with Crippen molar-refractivity contribution in [1.29, 1.82) is 0 Å². The normalized spacial score (nSPS) is 11.4. The Bertz CT molecular complexity index is 714. The van der Waals surface area contributed by atoms with Crippen LogP contribution in [0, 0.1) is 6.92 Å². The van der Waals surface area contributed by atoms with Crippen molar-refractivity contribution in [2.24, 2.45) is 0 Å². The average molecular weight is 305 g/mol. The zero-order valence-corrected chi connectivity index (χ0v) is 12.3. The molecule has 0 aliphatic carbocycles. The minimum atomic E-state index is -3.56. The molecule has 7 heteroatoms. The maximum atomic E-state index is 12.2. The van der Waals surface area contributed by atoms with Crippen LogP contribution in [0.5, 0.6) is 0 Å². The molecule has 5 nitrogen and oxygen atoms in total. The molecule has 0 fully saturated rings. The van der Waals surface area contributed by atoms with E-state index in [1.165, 1.54) is 0 Å². The van der Waals surface area contributed by atoms with Gasteiger partial charge in [0.1, 0.15) is 0 Å². The second-order valence-corrected chi connectivity index (χ2v) is 6.44. The fraction of sp³-hybridized carbons (Fsp3) is 0.143. The highest BCUT2D eigenvalue weighted by molar-refractivity contribution is 7.89. The third kappa shape index (κ3) is 3.92. The molecule has 0 unspecified atom stereocenters. The van der Waals surface area contributed by atoms with Gasteiger partial charge in [0, 0.05) is 6.54 Å². The highest BCUT2D eigenvalue weighted by Crippen LogP contribution is 2.14. The lowest BCUT2D eigenvalue weighted by molar-refractivity contribution is 0.426. The van der Waals surface area contributed by atoms with Crippen molar-refractivity contribution in [3.63, 3.8) is 0 Å². The van der Waals surface area contributed by atoms with E-state index in [-0.39, 0.29) is 11.4 Å². The number of benzene rings is 2. The molecule has 0 radical (unpaired) electrons. The average Bonchev–Trinajstić information content (AvgIpc) is 2.46. The van der Waals surface area contributed by atoms with Gasteiger partial charge in [0.2, 0.25) is 10.0 Å². The van der Waals surface area contributed by atoms with Gasteiger partial charge in [0.15, 0.2) is 0 Å². The molecule has 0 spiro atoms. The van der Waals surface area contributed by atoms with E-state index < -0.39 is 17.1 Å². The molecule has 2 aromatic rings. The summed E-state index contributed by atoms with van der Waals surface area (Å²) in [6, 6.07) is 13.1. The Hall–Kier alpha value is -1.67. The first-order chi connectivity index (χ1) is 9.90. The van der Waals surface area contributed by atoms with Gasteiger partial charge >= 0.3 is 7.12 Å². The Morgan fingerprint density at radius 2 is 1.67 bits per heavy atom. The summed E-state index contributed by atoms with van der Waals surface area (Å²) in [5, 5.41) is 18.0. The highest BCUT2D eigenvalue weighted by Gasteiger charge is 2.16. The standard InChI is InChI=1S/C14H16BNO4S/c1-11-4-2-3-5-14(11)21(19,20)16-10-12-6-8-13(9-7-12)15(17)18/h2-9,16-18H,10H2,1H3. The van der Waals surface area contributed by atoms with Crippen LogP contribution >= 0.6 is 0 Å². The van der Waals surface area contributed by atoms with Crippen LogP contribution in [-0.4, -0.2) is 25.6 Å². The van der Waals surface area contributed by atoms with Gasteiger partial charge in [-0.25, -0.2) is 13.1 Å². The highest BCUT2D eigenvalue weighted by atomic mass is 32.2. The van der Waals surface area contributed by atoms with E-state index in [1.54, 1.807) is 55.5 Å². The molecule has 0 saturated carbocycles. The van der Waals surface area contributed by atoms with Crippen molar-refractivity contribution in [3.8, 4) is 0 Å². The lowest BCUT2D eigenvalue weighted by Gasteiger charge is -2.09. The molecule has 0 amide bonds. The molecule has 0 heterocycles. The number of hydrogen-bond donors (Lipinski definition) is 3. The van der Waals surface area contributed by atoms with Crippen molar-refractivity contribution in [1.82, 2.24) is 4.72 Å². The van der Waals surface area contributed by atoms with Gasteiger partial charge in [-0.2, -0.15) is 0 Å². The van der Waals surface area contributed by atoms with Crippen LogP contribution in [0.1, 0.15) is 11.1 Å². The number of sulfonamides is 1. The van der Waals surface area contributed by atoms with Gasteiger partial charge in [0.05, 0.1) is 4.90 Å². The summed E-state index contributed by atoms with van der Waals surface area (Å²) < 4.78 is 26.9. The van der Waals surface area contributed by atoms with E-state index in [9.17, 15) is 8.42 Å². The van der Waals surface area contributed by atoms with E-state index in [2.05, 4.69) is 4.72 Å². The number of hydrogen-bond acceptors (Lipinski definition) is 4. The minimum Gasteiger partial charge on any atom is -0.423 e. The van der Waals surface area contributed by atoms with Crippen molar-refractivity contribution in [2.75, 3.05) is 0 Å². The van der Waals surface area contributed by atoms with Crippen molar-refractivity contribution in [2.45, 2.75) is 18.4 Å². The van der Waals surface area contributed by atoms with Gasteiger partial charge in [0.25, 0.3) is 0 Å². The lowest BCUT2D eigenvalue weighted by atomic mass is 9.80. The predicted octanol–water partition coefficient (Wildman–Crippen LogP) is 0.153. The first kappa shape index (κ1) is 15.7. The summed E-state index contributed by atoms with van der Waals surface area (Å²) in [4.78, 5) is 0.257. The van der Waals surface area contributed by atoms with Crippen molar-refractivity contribution < 1.29 is 18.5 Å². The van der Waals surface area contributed by atoms with Crippen LogP contribution in [-0.2, 0) is 16.6 Å². The largest absolute Gasteiger partial charge is 0.488 e. The van der Waals surface area contributed by atoms with Gasteiger partial charge in [-0.05, 0) is 29.6 Å². The van der Waals surface area contributed by atoms with E-state index in [0.29, 0.717) is 11.0 Å². The molecule has 110 valence electrons. The molecule has 0 saturated heterocycles. The molecule has 3 N–H and O–H groups in total. The zero-order valence-electron chi connectivity index (χ0n) is 11.5. The fourth-order valence-electron chi connectivity index (χ4n) is 1.92. The molecular formula is C14H16BNO4S. The quantitative estimate of drug-likeness (QED) is 0.687. The summed E-state index contributed by atoms with van der Waals surface area (Å²) >= 11 is 0. The molecule has 0 bridgehead atoms. The maximum Gasteiger partial charge on any atom is 0.488 e. The topological polar surface area (TPSA) is 86.6 Å². The zero-order chi connectivity index (χ0) is 15.5. The van der Waals surface area contributed by atoms with E-state index in [0.717, 1.165) is 5.56 Å². The SMILES string of the molecule is Cc1ccccc1S(=O)(=O)NCc1ccc(B(O)O)cc1. The molecular weight excluding hydrogens is 289 g/mol. The number of rotatable bonds is 5. The Kier molecular flexibility index (Phi) is 4.79. The third-order valence-corrected chi connectivity index (χ3v) is 4.69. The smallest absolute Gasteiger partial charge is 0.423 e. The summed E-state index contributed by atoms with van der Waals surface area (Å²) in [5.74, 6) is 0. The van der Waals surface area contributed by atoms with Gasteiger partial charge < -0.3 is 10.0 Å². The molecule has 2 aromatic carbocycles. The lowest BCUT2D eigenvalue weighted by Crippen LogP contribution is -2.30. The van der Waals surface area contributed by atoms with Crippen LogP contribution in [0.3, 0.4) is 0 Å². The third-order valence-electron chi connectivity index (χ3n) is 3.13. The Morgan fingerprint density at radius 1 is 1.05 bits per heavy atom. The minimum absolute atomic E-state index is 0.137. The summed E-state index contributed by atoms with van der Waals surface area (Å²) in [5.41, 5.74) is 1.78. The Labute approximate surface area is 124 Å². The van der Waals surface area contributed by atoms with E-state index in [4.69, 9.17) is 10.0 Å². The van der Waals surface area contributed by atoms with Crippen LogP contribution < -0.4 is 10.2 Å². The van der Waals surface area contributed by atoms with Crippen molar-refractivity contribution >= 4 is 22.6 Å². The van der Waals surface area contributed by atoms with Crippen LogP contribution in [0.4, 0.5) is 0 Å². The van der Waals surface area contributed by atoms with Gasteiger partial charge in [-0.3, -0.25) is 0 Å². The van der Waals surface area contributed by atoms with Gasteiger partial charge in [-0.15, -0.1) is 0 Å². The summed E-state index contributed by atoms with van der Waals surface area (Å²) in [6.45, 7) is 1.88. The van der Waals surface area contributed by atoms with Gasteiger partial charge in [-0.1, -0.05) is 42.5 Å². The molecule has 0 aromatic heterocycles. The molecule has 0 aliphatic rings. The number of aryl methyl sites for hydroxylation is 1. The van der Waals surface area contributed by atoms with Crippen molar-refractivity contribution in [3.05, 3.63) is 59.7 Å².